The van der Waals surface area contributed by atoms with Gasteiger partial charge < -0.3 is 13.9 Å². The molecule has 4 aromatic rings. The van der Waals surface area contributed by atoms with E-state index in [0.717, 1.165) is 52.4 Å². The fourth-order valence-corrected chi connectivity index (χ4v) is 4.22. The van der Waals surface area contributed by atoms with Crippen LogP contribution in [0.2, 0.25) is 0 Å². The van der Waals surface area contributed by atoms with Crippen LogP contribution >= 0.6 is 0 Å². The number of allylic oxidation sites excluding steroid dienone is 1. The highest BCUT2D eigenvalue weighted by molar-refractivity contribution is 5.82. The molecule has 0 saturated heterocycles. The molecule has 0 fully saturated rings. The van der Waals surface area contributed by atoms with E-state index in [9.17, 15) is 4.79 Å². The molecule has 0 amide bonds. The summed E-state index contributed by atoms with van der Waals surface area (Å²) in [7, 11) is 1.76. The molecule has 0 N–H and O–H groups in total. The molecule has 5 rings (SSSR count). The Morgan fingerprint density at radius 3 is 2.78 bits per heavy atom. The maximum atomic E-state index is 12.3. The van der Waals surface area contributed by atoms with Crippen molar-refractivity contribution in [2.75, 3.05) is 6.61 Å². The highest BCUT2D eigenvalue weighted by Gasteiger charge is 2.22. The predicted molar refractivity (Wildman–Crippen MR) is 124 cm³/mol. The van der Waals surface area contributed by atoms with Crippen LogP contribution < -0.4 is 5.56 Å². The second-order valence-corrected chi connectivity index (χ2v) is 8.18. The van der Waals surface area contributed by atoms with Gasteiger partial charge in [0.05, 0.1) is 30.1 Å². The third kappa shape index (κ3) is 3.49. The molecule has 162 valence electrons. The Bertz CT molecular complexity index is 1360. The lowest BCUT2D eigenvalue weighted by Crippen LogP contribution is -2.19. The van der Waals surface area contributed by atoms with E-state index in [1.54, 1.807) is 24.0 Å². The molecular formula is C25H25N5O2. The van der Waals surface area contributed by atoms with Crippen LogP contribution in [-0.2, 0) is 11.8 Å². The average Bonchev–Trinajstić information content (AvgIpc) is 3.21. The van der Waals surface area contributed by atoms with E-state index in [1.807, 2.05) is 43.5 Å². The van der Waals surface area contributed by atoms with Crippen LogP contribution in [0.5, 0.6) is 0 Å². The van der Waals surface area contributed by atoms with E-state index < -0.39 is 0 Å². The summed E-state index contributed by atoms with van der Waals surface area (Å²) in [5.74, 6) is 1.59. The molecule has 0 aromatic carbocycles. The largest absolute Gasteiger partial charge is 0.492 e. The first-order chi connectivity index (χ1) is 15.5. The topological polar surface area (TPSA) is 74.8 Å². The molecular weight excluding hydrogens is 402 g/mol. The SMILES string of the molecule is Cc1cc(-c2nc3cnc(C4=CCCCO4)cc3n2C(C)c2ccccn2)cn(C)c1=O. The number of ether oxygens (including phenoxy) is 1. The lowest BCUT2D eigenvalue weighted by atomic mass is 10.1. The summed E-state index contributed by atoms with van der Waals surface area (Å²) in [6.45, 7) is 4.64. The highest BCUT2D eigenvalue weighted by atomic mass is 16.5. The maximum absolute atomic E-state index is 12.3. The van der Waals surface area contributed by atoms with E-state index >= 15 is 0 Å². The van der Waals surface area contributed by atoms with Gasteiger partial charge in [-0.1, -0.05) is 6.07 Å². The van der Waals surface area contributed by atoms with Crippen molar-refractivity contribution in [1.82, 2.24) is 24.1 Å². The van der Waals surface area contributed by atoms with Crippen molar-refractivity contribution in [2.45, 2.75) is 32.7 Å². The first-order valence-corrected chi connectivity index (χ1v) is 10.8. The Labute approximate surface area is 186 Å². The summed E-state index contributed by atoms with van der Waals surface area (Å²) in [5.41, 5.74) is 5.00. The number of hydrogen-bond donors (Lipinski definition) is 0. The minimum atomic E-state index is -0.0785. The molecule has 4 aromatic heterocycles. The normalized spacial score (nSPS) is 14.8. The number of rotatable bonds is 4. The average molecular weight is 428 g/mol. The molecule has 0 spiro atoms. The van der Waals surface area contributed by atoms with Gasteiger partial charge in [-0.25, -0.2) is 4.98 Å². The van der Waals surface area contributed by atoms with E-state index in [0.29, 0.717) is 12.2 Å². The Morgan fingerprint density at radius 1 is 1.19 bits per heavy atom. The first-order valence-electron chi connectivity index (χ1n) is 10.8. The van der Waals surface area contributed by atoms with Gasteiger partial charge in [-0.05, 0) is 57.0 Å². The zero-order chi connectivity index (χ0) is 22.2. The van der Waals surface area contributed by atoms with Gasteiger partial charge >= 0.3 is 0 Å². The van der Waals surface area contributed by atoms with E-state index in [-0.39, 0.29) is 11.6 Å². The fourth-order valence-electron chi connectivity index (χ4n) is 4.22. The number of aryl methyl sites for hydroxylation is 2. The Morgan fingerprint density at radius 2 is 2.06 bits per heavy atom. The first kappa shape index (κ1) is 20.2. The van der Waals surface area contributed by atoms with Crippen LogP contribution in [0.25, 0.3) is 28.2 Å². The second-order valence-electron chi connectivity index (χ2n) is 8.18. The Kier molecular flexibility index (Phi) is 5.09. The number of fused-ring (bicyclic) bond motifs is 1. The summed E-state index contributed by atoms with van der Waals surface area (Å²) in [4.78, 5) is 26.4. The Hall–Kier alpha value is -3.74. The molecule has 32 heavy (non-hydrogen) atoms. The van der Waals surface area contributed by atoms with Crippen molar-refractivity contribution >= 4 is 16.8 Å². The summed E-state index contributed by atoms with van der Waals surface area (Å²) < 4.78 is 9.63. The predicted octanol–water partition coefficient (Wildman–Crippen LogP) is 4.26. The zero-order valence-corrected chi connectivity index (χ0v) is 18.4. The van der Waals surface area contributed by atoms with Crippen molar-refractivity contribution in [3.05, 3.63) is 82.3 Å². The van der Waals surface area contributed by atoms with Gasteiger partial charge in [-0.2, -0.15) is 0 Å². The number of imidazole rings is 1. The van der Waals surface area contributed by atoms with Crippen LogP contribution in [-0.4, -0.2) is 30.7 Å². The maximum Gasteiger partial charge on any atom is 0.253 e. The minimum Gasteiger partial charge on any atom is -0.492 e. The summed E-state index contributed by atoms with van der Waals surface area (Å²) in [6, 6.07) is 9.77. The number of aromatic nitrogens is 5. The Balaban J connectivity index is 1.76. The minimum absolute atomic E-state index is 0.0143. The van der Waals surface area contributed by atoms with E-state index in [1.165, 1.54) is 0 Å². The number of nitrogens with zero attached hydrogens (tertiary/aromatic N) is 5. The van der Waals surface area contributed by atoms with E-state index in [2.05, 4.69) is 27.5 Å². The molecule has 1 aliphatic rings. The van der Waals surface area contributed by atoms with Crippen LogP contribution in [0, 0.1) is 6.92 Å². The van der Waals surface area contributed by atoms with Gasteiger partial charge in [0.25, 0.3) is 5.56 Å². The van der Waals surface area contributed by atoms with Gasteiger partial charge in [-0.3, -0.25) is 14.8 Å². The lowest BCUT2D eigenvalue weighted by Gasteiger charge is -2.19. The molecule has 1 aliphatic heterocycles. The highest BCUT2D eigenvalue weighted by Crippen LogP contribution is 2.32. The second kappa shape index (κ2) is 8.07. The third-order valence-corrected chi connectivity index (χ3v) is 5.89. The molecule has 0 aliphatic carbocycles. The lowest BCUT2D eigenvalue weighted by molar-refractivity contribution is 0.257. The van der Waals surface area contributed by atoms with Crippen LogP contribution in [0.1, 0.15) is 42.8 Å². The van der Waals surface area contributed by atoms with Gasteiger partial charge in [0.15, 0.2) is 0 Å². The molecule has 0 saturated carbocycles. The smallest absolute Gasteiger partial charge is 0.253 e. The third-order valence-electron chi connectivity index (χ3n) is 5.89. The van der Waals surface area contributed by atoms with Crippen molar-refractivity contribution in [2.24, 2.45) is 7.05 Å². The molecule has 5 heterocycles. The summed E-state index contributed by atoms with van der Waals surface area (Å²) >= 11 is 0. The van der Waals surface area contributed by atoms with Gasteiger partial charge in [0, 0.05) is 30.6 Å². The summed E-state index contributed by atoms with van der Waals surface area (Å²) in [5, 5.41) is 0. The molecule has 7 nitrogen and oxygen atoms in total. The van der Waals surface area contributed by atoms with E-state index in [4.69, 9.17) is 9.72 Å². The number of pyridine rings is 3. The van der Waals surface area contributed by atoms with Crippen LogP contribution in [0.4, 0.5) is 0 Å². The van der Waals surface area contributed by atoms with Gasteiger partial charge in [-0.15, -0.1) is 0 Å². The van der Waals surface area contributed by atoms with Crippen molar-refractivity contribution < 1.29 is 4.74 Å². The molecule has 0 bridgehead atoms. The van der Waals surface area contributed by atoms with Crippen molar-refractivity contribution in [3.8, 4) is 11.4 Å². The zero-order valence-electron chi connectivity index (χ0n) is 18.4. The standard InChI is InChI=1S/C25H25N5O2/c1-16-12-18(15-29(3)25(16)31)24-28-21-14-27-20(23-9-5-7-11-32-23)13-22(21)30(24)17(2)19-8-4-6-10-26-19/h4,6,8-10,12-15,17H,5,7,11H2,1-3H3. The van der Waals surface area contributed by atoms with Crippen molar-refractivity contribution in [3.63, 3.8) is 0 Å². The van der Waals surface area contributed by atoms with Crippen molar-refractivity contribution in [1.29, 1.82) is 0 Å². The quantitative estimate of drug-likeness (QED) is 0.486. The monoisotopic (exact) mass is 427 g/mol. The van der Waals surface area contributed by atoms with Crippen LogP contribution in [0.15, 0.2) is 59.8 Å². The summed E-state index contributed by atoms with van der Waals surface area (Å²) in [6.07, 6.45) is 9.53. The molecule has 1 atom stereocenters. The van der Waals surface area contributed by atoms with Crippen LogP contribution in [0.3, 0.4) is 0 Å². The molecule has 0 radical (unpaired) electrons. The van der Waals surface area contributed by atoms with Gasteiger partial charge in [0.1, 0.15) is 22.8 Å². The number of hydrogen-bond acceptors (Lipinski definition) is 5. The molecule has 7 heteroatoms. The van der Waals surface area contributed by atoms with Gasteiger partial charge in [0.2, 0.25) is 0 Å². The fraction of sp³-hybridized carbons (Fsp3) is 0.280. The molecule has 1 unspecified atom stereocenters.